The van der Waals surface area contributed by atoms with Crippen molar-refractivity contribution in [2.45, 2.75) is 26.9 Å². The first-order valence-corrected chi connectivity index (χ1v) is 6.08. The Morgan fingerprint density at radius 2 is 1.94 bits per heavy atom. The highest BCUT2D eigenvalue weighted by atomic mass is 16.5. The Balaban J connectivity index is 1.90. The summed E-state index contributed by atoms with van der Waals surface area (Å²) in [5.74, 6) is 2.85. The third kappa shape index (κ3) is 3.14. The highest BCUT2D eigenvalue weighted by molar-refractivity contribution is 5.36. The molecule has 0 aliphatic rings. The second-order valence-electron chi connectivity index (χ2n) is 4.42. The molecule has 0 aliphatic heterocycles. The van der Waals surface area contributed by atoms with Crippen molar-refractivity contribution >= 4 is 0 Å². The molecule has 0 saturated carbocycles. The monoisotopic (exact) mass is 245 g/mol. The largest absolute Gasteiger partial charge is 0.496 e. The van der Waals surface area contributed by atoms with Gasteiger partial charge in [-0.2, -0.15) is 0 Å². The van der Waals surface area contributed by atoms with E-state index >= 15 is 0 Å². The molecule has 1 aromatic carbocycles. The average Bonchev–Trinajstić information content (AvgIpc) is 2.77. The zero-order chi connectivity index (χ0) is 13.0. The van der Waals surface area contributed by atoms with Gasteiger partial charge in [-0.25, -0.2) is 0 Å². The summed E-state index contributed by atoms with van der Waals surface area (Å²) in [6, 6.07) is 10.2. The minimum absolute atomic E-state index is 0.740. The minimum Gasteiger partial charge on any atom is -0.496 e. The standard InChI is InChI=1S/C15H19NO2/c1-11-4-6-13(8-15(11)17-3)9-16-10-14-7-5-12(2)18-14/h4-8,16H,9-10H2,1-3H3. The number of hydrogen-bond acceptors (Lipinski definition) is 3. The third-order valence-electron chi connectivity index (χ3n) is 2.90. The van der Waals surface area contributed by atoms with Crippen molar-refractivity contribution in [3.05, 3.63) is 53.0 Å². The molecule has 0 saturated heterocycles. The summed E-state index contributed by atoms with van der Waals surface area (Å²) in [6.45, 7) is 5.54. The van der Waals surface area contributed by atoms with E-state index in [0.717, 1.165) is 35.9 Å². The Morgan fingerprint density at radius 3 is 2.61 bits per heavy atom. The average molecular weight is 245 g/mol. The van der Waals surface area contributed by atoms with E-state index in [1.807, 2.05) is 26.0 Å². The molecule has 2 rings (SSSR count). The van der Waals surface area contributed by atoms with Gasteiger partial charge in [-0.15, -0.1) is 0 Å². The van der Waals surface area contributed by atoms with E-state index in [2.05, 4.69) is 23.5 Å². The van der Waals surface area contributed by atoms with Gasteiger partial charge in [0.15, 0.2) is 0 Å². The molecule has 0 atom stereocenters. The van der Waals surface area contributed by atoms with E-state index in [4.69, 9.17) is 9.15 Å². The van der Waals surface area contributed by atoms with Gasteiger partial charge >= 0.3 is 0 Å². The van der Waals surface area contributed by atoms with Crippen molar-refractivity contribution in [1.29, 1.82) is 0 Å². The van der Waals surface area contributed by atoms with Crippen LogP contribution in [-0.2, 0) is 13.1 Å². The van der Waals surface area contributed by atoms with E-state index in [0.29, 0.717) is 0 Å². The van der Waals surface area contributed by atoms with Gasteiger partial charge < -0.3 is 14.5 Å². The number of aryl methyl sites for hydroxylation is 2. The molecule has 1 heterocycles. The number of ether oxygens (including phenoxy) is 1. The van der Waals surface area contributed by atoms with Crippen LogP contribution in [0.15, 0.2) is 34.7 Å². The summed E-state index contributed by atoms with van der Waals surface area (Å²) in [5.41, 5.74) is 2.36. The number of hydrogen-bond donors (Lipinski definition) is 1. The van der Waals surface area contributed by atoms with Crippen LogP contribution in [0.2, 0.25) is 0 Å². The van der Waals surface area contributed by atoms with Crippen molar-refractivity contribution < 1.29 is 9.15 Å². The molecule has 0 unspecified atom stereocenters. The fourth-order valence-corrected chi connectivity index (χ4v) is 1.88. The maximum Gasteiger partial charge on any atom is 0.122 e. The Labute approximate surface area is 108 Å². The lowest BCUT2D eigenvalue weighted by Crippen LogP contribution is -2.12. The van der Waals surface area contributed by atoms with Gasteiger partial charge in [0, 0.05) is 6.54 Å². The Hall–Kier alpha value is -1.74. The van der Waals surface area contributed by atoms with Crippen molar-refractivity contribution in [3.8, 4) is 5.75 Å². The quantitative estimate of drug-likeness (QED) is 0.878. The summed E-state index contributed by atoms with van der Waals surface area (Å²) in [6.07, 6.45) is 0. The second kappa shape index (κ2) is 5.74. The van der Waals surface area contributed by atoms with E-state index in [-0.39, 0.29) is 0 Å². The summed E-state index contributed by atoms with van der Waals surface area (Å²) in [4.78, 5) is 0. The number of nitrogens with one attached hydrogen (secondary N) is 1. The van der Waals surface area contributed by atoms with E-state index in [9.17, 15) is 0 Å². The molecule has 2 aromatic rings. The molecule has 96 valence electrons. The first-order chi connectivity index (χ1) is 8.69. The van der Waals surface area contributed by atoms with Gasteiger partial charge in [-0.1, -0.05) is 12.1 Å². The van der Waals surface area contributed by atoms with Crippen LogP contribution in [0.25, 0.3) is 0 Å². The molecule has 0 spiro atoms. The summed E-state index contributed by atoms with van der Waals surface area (Å²) < 4.78 is 10.8. The Bertz CT molecular complexity index is 517. The normalized spacial score (nSPS) is 10.6. The first kappa shape index (κ1) is 12.7. The Morgan fingerprint density at radius 1 is 1.11 bits per heavy atom. The van der Waals surface area contributed by atoms with E-state index in [1.165, 1.54) is 5.56 Å². The van der Waals surface area contributed by atoms with Crippen LogP contribution in [0.5, 0.6) is 5.75 Å². The van der Waals surface area contributed by atoms with Crippen LogP contribution >= 0.6 is 0 Å². The highest BCUT2D eigenvalue weighted by Crippen LogP contribution is 2.18. The first-order valence-electron chi connectivity index (χ1n) is 6.08. The molecule has 0 amide bonds. The number of furan rings is 1. The molecule has 1 N–H and O–H groups in total. The fourth-order valence-electron chi connectivity index (χ4n) is 1.88. The minimum atomic E-state index is 0.740. The molecular formula is C15H19NO2. The number of rotatable bonds is 5. The zero-order valence-electron chi connectivity index (χ0n) is 11.1. The van der Waals surface area contributed by atoms with E-state index < -0.39 is 0 Å². The summed E-state index contributed by atoms with van der Waals surface area (Å²) in [5, 5.41) is 3.35. The lowest BCUT2D eigenvalue weighted by atomic mass is 10.1. The number of benzene rings is 1. The van der Waals surface area contributed by atoms with Crippen molar-refractivity contribution in [2.24, 2.45) is 0 Å². The van der Waals surface area contributed by atoms with Crippen molar-refractivity contribution in [3.63, 3.8) is 0 Å². The van der Waals surface area contributed by atoms with Gasteiger partial charge in [-0.3, -0.25) is 0 Å². The van der Waals surface area contributed by atoms with Gasteiger partial charge in [0.25, 0.3) is 0 Å². The molecule has 0 bridgehead atoms. The van der Waals surface area contributed by atoms with Crippen LogP contribution in [0, 0.1) is 13.8 Å². The zero-order valence-corrected chi connectivity index (χ0v) is 11.1. The molecule has 0 radical (unpaired) electrons. The lowest BCUT2D eigenvalue weighted by molar-refractivity contribution is 0.410. The van der Waals surface area contributed by atoms with Crippen molar-refractivity contribution in [1.82, 2.24) is 5.32 Å². The van der Waals surface area contributed by atoms with Crippen LogP contribution in [-0.4, -0.2) is 7.11 Å². The van der Waals surface area contributed by atoms with Crippen LogP contribution in [0.4, 0.5) is 0 Å². The molecule has 0 aliphatic carbocycles. The number of methoxy groups -OCH3 is 1. The smallest absolute Gasteiger partial charge is 0.122 e. The molecule has 18 heavy (non-hydrogen) atoms. The fraction of sp³-hybridized carbons (Fsp3) is 0.333. The van der Waals surface area contributed by atoms with Gasteiger partial charge in [0.1, 0.15) is 17.3 Å². The molecular weight excluding hydrogens is 226 g/mol. The van der Waals surface area contributed by atoms with Crippen LogP contribution in [0.3, 0.4) is 0 Å². The Kier molecular flexibility index (Phi) is 4.05. The lowest BCUT2D eigenvalue weighted by Gasteiger charge is -2.08. The summed E-state index contributed by atoms with van der Waals surface area (Å²) in [7, 11) is 1.70. The van der Waals surface area contributed by atoms with Crippen molar-refractivity contribution in [2.75, 3.05) is 7.11 Å². The molecule has 3 heteroatoms. The molecule has 3 nitrogen and oxygen atoms in total. The van der Waals surface area contributed by atoms with Gasteiger partial charge in [0.2, 0.25) is 0 Å². The van der Waals surface area contributed by atoms with Gasteiger partial charge in [-0.05, 0) is 43.2 Å². The predicted molar refractivity (Wildman–Crippen MR) is 71.7 cm³/mol. The SMILES string of the molecule is COc1cc(CNCc2ccc(C)o2)ccc1C. The van der Waals surface area contributed by atoms with Crippen LogP contribution < -0.4 is 10.1 Å². The topological polar surface area (TPSA) is 34.4 Å². The molecule has 1 aromatic heterocycles. The maximum atomic E-state index is 5.50. The highest BCUT2D eigenvalue weighted by Gasteiger charge is 2.01. The second-order valence-corrected chi connectivity index (χ2v) is 4.42. The third-order valence-corrected chi connectivity index (χ3v) is 2.90. The summed E-state index contributed by atoms with van der Waals surface area (Å²) >= 11 is 0. The van der Waals surface area contributed by atoms with Gasteiger partial charge in [0.05, 0.1) is 13.7 Å². The maximum absolute atomic E-state index is 5.50. The van der Waals surface area contributed by atoms with E-state index in [1.54, 1.807) is 7.11 Å². The molecule has 0 fully saturated rings. The van der Waals surface area contributed by atoms with Crippen LogP contribution in [0.1, 0.15) is 22.6 Å². The predicted octanol–water partition coefficient (Wildman–Crippen LogP) is 3.19.